The molecular weight excluding hydrogens is 510 g/mol. The number of Topliss-reactive ketones (excluding diaryl/α,β-unsaturated/α-hetero) is 2. The van der Waals surface area contributed by atoms with Gasteiger partial charge in [0.1, 0.15) is 6.61 Å². The number of carbonyl (C=O) groups excluding carboxylic acids is 3. The number of hydrogen-bond acceptors (Lipinski definition) is 7. The smallest absolute Gasteiger partial charge is 0.406 e. The van der Waals surface area contributed by atoms with Gasteiger partial charge in [-0.25, -0.2) is 4.79 Å². The largest absolute Gasteiger partial charge is 0.449 e. The Morgan fingerprint density at radius 3 is 1.77 bits per heavy atom. The molecule has 0 spiro atoms. The molecule has 1 aliphatic carbocycles. The second kappa shape index (κ2) is 16.9. The van der Waals surface area contributed by atoms with Gasteiger partial charge in [0.15, 0.2) is 11.6 Å². The third-order valence-corrected chi connectivity index (χ3v) is 7.04. The van der Waals surface area contributed by atoms with Crippen molar-refractivity contribution in [2.24, 2.45) is 0 Å². The number of ketones is 2. The molecule has 2 aromatic rings. The highest BCUT2D eigenvalue weighted by Gasteiger charge is 2.31. The quantitative estimate of drug-likeness (QED) is 0.169. The van der Waals surface area contributed by atoms with Crippen molar-refractivity contribution in [3.05, 3.63) is 58.7 Å². The first-order chi connectivity index (χ1) is 19.5. The second-order valence-corrected chi connectivity index (χ2v) is 9.98. The van der Waals surface area contributed by atoms with Crippen molar-refractivity contribution in [2.75, 3.05) is 53.8 Å². The van der Waals surface area contributed by atoms with Crippen LogP contribution in [-0.2, 0) is 18.9 Å². The lowest BCUT2D eigenvalue weighted by Crippen LogP contribution is -2.22. The number of benzene rings is 2. The Labute approximate surface area is 237 Å². The molecule has 3 rings (SSSR count). The number of ether oxygens (including phenoxy) is 4. The molecule has 2 aromatic carbocycles. The van der Waals surface area contributed by atoms with Crippen molar-refractivity contribution in [3.63, 3.8) is 0 Å². The number of rotatable bonds is 19. The van der Waals surface area contributed by atoms with E-state index < -0.39 is 6.09 Å². The van der Waals surface area contributed by atoms with Crippen LogP contribution in [0.4, 0.5) is 4.79 Å². The zero-order valence-corrected chi connectivity index (χ0v) is 24.1. The summed E-state index contributed by atoms with van der Waals surface area (Å²) in [6.07, 6.45) is 4.52. The van der Waals surface area contributed by atoms with Gasteiger partial charge < -0.3 is 24.3 Å². The van der Waals surface area contributed by atoms with Gasteiger partial charge in [0.05, 0.1) is 0 Å². The average molecular weight is 554 g/mol. The maximum Gasteiger partial charge on any atom is 0.406 e. The monoisotopic (exact) mass is 553 g/mol. The molecule has 1 unspecified atom stereocenters. The summed E-state index contributed by atoms with van der Waals surface area (Å²) in [5.74, 6) is -0.171. The molecule has 0 heterocycles. The van der Waals surface area contributed by atoms with E-state index in [4.69, 9.17) is 18.9 Å². The lowest BCUT2D eigenvalue weighted by molar-refractivity contribution is 0.0886. The van der Waals surface area contributed by atoms with Crippen LogP contribution in [-0.4, -0.2) is 71.5 Å². The van der Waals surface area contributed by atoms with Gasteiger partial charge in [-0.15, -0.1) is 0 Å². The van der Waals surface area contributed by atoms with Crippen molar-refractivity contribution in [2.45, 2.75) is 57.8 Å². The van der Waals surface area contributed by atoms with E-state index in [1.807, 2.05) is 36.4 Å². The van der Waals surface area contributed by atoms with E-state index in [2.05, 4.69) is 12.2 Å². The summed E-state index contributed by atoms with van der Waals surface area (Å²) in [6, 6.07) is 11.4. The Bertz CT molecular complexity index is 1130. The minimum atomic E-state index is -0.525. The number of nitrogens with one attached hydrogen (secondary N) is 1. The number of alkyl carbamates (subject to hydrolysis) is 1. The summed E-state index contributed by atoms with van der Waals surface area (Å²) < 4.78 is 21.6. The number of amides is 1. The highest BCUT2D eigenvalue weighted by molar-refractivity contribution is 5.99. The summed E-state index contributed by atoms with van der Waals surface area (Å²) in [7, 11) is 3.17. The molecule has 0 aliphatic heterocycles. The first-order valence-electron chi connectivity index (χ1n) is 14.3. The number of fused-ring (bicyclic) bond motifs is 3. The Kier molecular flexibility index (Phi) is 13.3. The van der Waals surface area contributed by atoms with Crippen molar-refractivity contribution >= 4 is 17.7 Å². The standard InChI is InChI=1S/C32H43NO7/c1-4-5-16-38-17-6-9-30(34)23-11-13-25-26-14-12-24(31(35)10-7-18-39-19-8-15-37-3)21-28(26)29(27(25)20-23)22-40-32(36)33-2/h11-14,20-21,29H,4-10,15-19,22H2,1-3H3,(H,33,36). The number of methoxy groups -OCH3 is 1. The molecule has 1 atom stereocenters. The number of unbranched alkanes of at least 4 members (excludes halogenated alkanes) is 1. The maximum absolute atomic E-state index is 13.0. The highest BCUT2D eigenvalue weighted by Crippen LogP contribution is 2.46. The summed E-state index contributed by atoms with van der Waals surface area (Å²) in [5.41, 5.74) is 5.08. The molecule has 1 N–H and O–H groups in total. The summed E-state index contributed by atoms with van der Waals surface area (Å²) in [6.45, 7) is 5.32. The molecule has 40 heavy (non-hydrogen) atoms. The van der Waals surface area contributed by atoms with Crippen molar-refractivity contribution in [1.29, 1.82) is 0 Å². The van der Waals surface area contributed by atoms with Crippen molar-refractivity contribution in [3.8, 4) is 11.1 Å². The van der Waals surface area contributed by atoms with Gasteiger partial charge >= 0.3 is 6.09 Å². The minimum absolute atomic E-state index is 0.0437. The van der Waals surface area contributed by atoms with Gasteiger partial charge in [0, 0.05) is 77.1 Å². The Balaban J connectivity index is 1.71. The third-order valence-electron chi connectivity index (χ3n) is 7.04. The molecule has 1 amide bonds. The van der Waals surface area contributed by atoms with Crippen LogP contribution >= 0.6 is 0 Å². The molecule has 0 fully saturated rings. The second-order valence-electron chi connectivity index (χ2n) is 9.98. The zero-order valence-electron chi connectivity index (χ0n) is 24.1. The average Bonchev–Trinajstić information content (AvgIpc) is 3.28. The van der Waals surface area contributed by atoms with Crippen LogP contribution in [0, 0.1) is 0 Å². The van der Waals surface area contributed by atoms with E-state index in [1.165, 1.54) is 7.05 Å². The van der Waals surface area contributed by atoms with Gasteiger partial charge in [-0.1, -0.05) is 37.6 Å². The minimum Gasteiger partial charge on any atom is -0.449 e. The molecule has 8 nitrogen and oxygen atoms in total. The van der Waals surface area contributed by atoms with Gasteiger partial charge in [-0.2, -0.15) is 0 Å². The van der Waals surface area contributed by atoms with E-state index in [9.17, 15) is 14.4 Å². The van der Waals surface area contributed by atoms with Crippen LogP contribution in [0.1, 0.15) is 89.6 Å². The van der Waals surface area contributed by atoms with Gasteiger partial charge in [-0.05, 0) is 60.1 Å². The van der Waals surface area contributed by atoms with Crippen LogP contribution in [0.25, 0.3) is 11.1 Å². The van der Waals surface area contributed by atoms with E-state index in [0.29, 0.717) is 63.2 Å². The predicted molar refractivity (Wildman–Crippen MR) is 154 cm³/mol. The van der Waals surface area contributed by atoms with E-state index >= 15 is 0 Å². The van der Waals surface area contributed by atoms with Crippen LogP contribution in [0.5, 0.6) is 0 Å². The zero-order chi connectivity index (χ0) is 28.7. The Morgan fingerprint density at radius 1 is 0.750 bits per heavy atom. The van der Waals surface area contributed by atoms with Crippen LogP contribution in [0.15, 0.2) is 36.4 Å². The van der Waals surface area contributed by atoms with Gasteiger partial charge in [-0.3, -0.25) is 9.59 Å². The normalized spacial score (nSPS) is 13.5. The fourth-order valence-electron chi connectivity index (χ4n) is 4.83. The predicted octanol–water partition coefficient (Wildman–Crippen LogP) is 5.95. The van der Waals surface area contributed by atoms with Crippen LogP contribution in [0.3, 0.4) is 0 Å². The molecule has 0 radical (unpaired) electrons. The molecule has 0 bridgehead atoms. The first kappa shape index (κ1) is 31.5. The van der Waals surface area contributed by atoms with Crippen LogP contribution in [0.2, 0.25) is 0 Å². The lowest BCUT2D eigenvalue weighted by Gasteiger charge is -2.15. The summed E-state index contributed by atoms with van der Waals surface area (Å²) in [5, 5.41) is 2.48. The topological polar surface area (TPSA) is 100 Å². The fraction of sp³-hybridized carbons (Fsp3) is 0.531. The van der Waals surface area contributed by atoms with E-state index in [0.717, 1.165) is 48.1 Å². The molecule has 0 saturated heterocycles. The van der Waals surface area contributed by atoms with E-state index in [1.54, 1.807) is 7.11 Å². The highest BCUT2D eigenvalue weighted by atomic mass is 16.5. The molecule has 0 aromatic heterocycles. The van der Waals surface area contributed by atoms with E-state index in [-0.39, 0.29) is 24.1 Å². The molecule has 218 valence electrons. The first-order valence-corrected chi connectivity index (χ1v) is 14.3. The molecule has 8 heteroatoms. The van der Waals surface area contributed by atoms with Gasteiger partial charge in [0.25, 0.3) is 0 Å². The maximum atomic E-state index is 13.0. The van der Waals surface area contributed by atoms with Crippen molar-refractivity contribution in [1.82, 2.24) is 5.32 Å². The Hall–Kier alpha value is -3.07. The summed E-state index contributed by atoms with van der Waals surface area (Å²) >= 11 is 0. The number of hydrogen-bond donors (Lipinski definition) is 1. The molecule has 1 aliphatic rings. The number of carbonyl (C=O) groups is 3. The SMILES string of the molecule is CCCCOCCCC(=O)c1ccc2c(c1)C(COC(=O)NC)c1cc(C(=O)CCCOCCCOC)ccc1-2. The van der Waals surface area contributed by atoms with Crippen molar-refractivity contribution < 1.29 is 33.3 Å². The summed E-state index contributed by atoms with van der Waals surface area (Å²) in [4.78, 5) is 37.8. The molecular formula is C32H43NO7. The third kappa shape index (κ3) is 8.98. The molecule has 0 saturated carbocycles. The fourth-order valence-corrected chi connectivity index (χ4v) is 4.83. The lowest BCUT2D eigenvalue weighted by atomic mass is 9.93. The van der Waals surface area contributed by atoms with Gasteiger partial charge in [0.2, 0.25) is 0 Å². The van der Waals surface area contributed by atoms with Crippen LogP contribution < -0.4 is 5.32 Å². The Morgan fingerprint density at radius 2 is 1.27 bits per heavy atom.